The van der Waals surface area contributed by atoms with Gasteiger partial charge in [0.25, 0.3) is 5.56 Å². The summed E-state index contributed by atoms with van der Waals surface area (Å²) in [4.78, 5) is 13.0. The van der Waals surface area contributed by atoms with Crippen molar-refractivity contribution in [2.45, 2.75) is 12.9 Å². The maximum Gasteiger partial charge on any atom is 0.573 e. The van der Waals surface area contributed by atoms with Crippen LogP contribution in [-0.2, 0) is 6.54 Å². The summed E-state index contributed by atoms with van der Waals surface area (Å²) in [7, 11) is 0. The maximum absolute atomic E-state index is 11.8. The van der Waals surface area contributed by atoms with Gasteiger partial charge >= 0.3 is 6.36 Å². The minimum absolute atomic E-state index is 0.0722. The average Bonchev–Trinajstić information content (AvgIpc) is 2.07. The van der Waals surface area contributed by atoms with Crippen molar-refractivity contribution in [2.24, 2.45) is 5.73 Å². The maximum atomic E-state index is 11.8. The van der Waals surface area contributed by atoms with E-state index in [1.807, 2.05) is 4.98 Å². The molecule has 0 aliphatic carbocycles. The third-order valence-electron chi connectivity index (χ3n) is 1.57. The molecule has 0 unspecified atom stereocenters. The molecular weight excluding hydrogens is 215 g/mol. The topological polar surface area (TPSA) is 94.1 Å². The van der Waals surface area contributed by atoms with E-state index in [0.29, 0.717) is 0 Å². The smallest absolute Gasteiger partial charge is 0.400 e. The Morgan fingerprint density at radius 1 is 1.47 bits per heavy atom. The van der Waals surface area contributed by atoms with Crippen LogP contribution < -0.4 is 21.8 Å². The van der Waals surface area contributed by atoms with Crippen molar-refractivity contribution < 1.29 is 17.9 Å². The van der Waals surface area contributed by atoms with Crippen LogP contribution in [0.5, 0.6) is 5.75 Å². The Hall–Kier alpha value is -1.70. The second-order valence-corrected chi connectivity index (χ2v) is 2.65. The molecule has 0 bridgehead atoms. The van der Waals surface area contributed by atoms with Crippen LogP contribution in [0.15, 0.2) is 10.9 Å². The molecule has 0 saturated carbocycles. The fourth-order valence-corrected chi connectivity index (χ4v) is 0.935. The van der Waals surface area contributed by atoms with Crippen LogP contribution >= 0.6 is 0 Å². The lowest BCUT2D eigenvalue weighted by molar-refractivity contribution is -0.275. The Kier molecular flexibility index (Phi) is 2.89. The van der Waals surface area contributed by atoms with Crippen LogP contribution in [-0.4, -0.2) is 11.3 Å². The number of hydrogen-bond donors (Lipinski definition) is 3. The van der Waals surface area contributed by atoms with Crippen LogP contribution in [0.2, 0.25) is 0 Å². The molecule has 15 heavy (non-hydrogen) atoms. The van der Waals surface area contributed by atoms with Gasteiger partial charge in [0.05, 0.1) is 0 Å². The second kappa shape index (κ2) is 3.81. The van der Waals surface area contributed by atoms with Gasteiger partial charge in [-0.3, -0.25) is 4.79 Å². The van der Waals surface area contributed by atoms with E-state index in [1.165, 1.54) is 0 Å². The number of pyridine rings is 1. The number of nitrogens with two attached hydrogens (primary N) is 2. The lowest BCUT2D eigenvalue weighted by Gasteiger charge is -2.09. The van der Waals surface area contributed by atoms with Crippen LogP contribution in [0.25, 0.3) is 0 Å². The molecule has 1 rings (SSSR count). The molecule has 1 aromatic rings. The highest BCUT2D eigenvalue weighted by Gasteiger charge is 2.32. The summed E-state index contributed by atoms with van der Waals surface area (Å²) in [5, 5.41) is 0. The third-order valence-corrected chi connectivity index (χ3v) is 1.57. The van der Waals surface area contributed by atoms with E-state index in [2.05, 4.69) is 4.74 Å². The summed E-state index contributed by atoms with van der Waals surface area (Å²) in [5.74, 6) is -0.950. The molecular formula is C7H8F3N3O2. The molecule has 84 valence electrons. The first-order valence-corrected chi connectivity index (χ1v) is 3.81. The third kappa shape index (κ3) is 2.88. The van der Waals surface area contributed by atoms with Crippen molar-refractivity contribution in [3.05, 3.63) is 22.0 Å². The molecule has 0 atom stereocenters. The SMILES string of the molecule is NCc1cc(OC(F)(F)F)c(=O)[nH]c1N. The van der Waals surface area contributed by atoms with E-state index in [4.69, 9.17) is 11.5 Å². The van der Waals surface area contributed by atoms with Gasteiger partial charge in [-0.15, -0.1) is 13.2 Å². The average molecular weight is 223 g/mol. The predicted molar refractivity (Wildman–Crippen MR) is 46.0 cm³/mol. The zero-order valence-corrected chi connectivity index (χ0v) is 7.39. The number of rotatable bonds is 2. The molecule has 0 radical (unpaired) electrons. The number of aromatic amines is 1. The van der Waals surface area contributed by atoms with Gasteiger partial charge in [0.15, 0.2) is 5.75 Å². The van der Waals surface area contributed by atoms with E-state index in [1.54, 1.807) is 0 Å². The molecule has 0 amide bonds. The summed E-state index contributed by atoms with van der Waals surface area (Å²) in [6, 6.07) is 0.863. The van der Waals surface area contributed by atoms with Gasteiger partial charge in [-0.2, -0.15) is 0 Å². The van der Waals surface area contributed by atoms with Crippen molar-refractivity contribution >= 4 is 5.82 Å². The largest absolute Gasteiger partial charge is 0.573 e. The van der Waals surface area contributed by atoms with E-state index in [0.717, 1.165) is 6.07 Å². The summed E-state index contributed by atoms with van der Waals surface area (Å²) in [6.45, 7) is -0.100. The van der Waals surface area contributed by atoms with E-state index >= 15 is 0 Å². The summed E-state index contributed by atoms with van der Waals surface area (Å²) in [5.41, 5.74) is 9.61. The normalized spacial score (nSPS) is 11.5. The van der Waals surface area contributed by atoms with Gasteiger partial charge in [0, 0.05) is 12.1 Å². The second-order valence-electron chi connectivity index (χ2n) is 2.65. The first kappa shape index (κ1) is 11.4. The number of ether oxygens (including phenoxy) is 1. The fourth-order valence-electron chi connectivity index (χ4n) is 0.935. The van der Waals surface area contributed by atoms with Gasteiger partial charge in [-0.25, -0.2) is 0 Å². The highest BCUT2D eigenvalue weighted by molar-refractivity contribution is 5.42. The Morgan fingerprint density at radius 3 is 2.53 bits per heavy atom. The van der Waals surface area contributed by atoms with E-state index < -0.39 is 17.7 Å². The highest BCUT2D eigenvalue weighted by atomic mass is 19.4. The number of anilines is 1. The van der Waals surface area contributed by atoms with Crippen molar-refractivity contribution in [3.63, 3.8) is 0 Å². The standard InChI is InChI=1S/C7H8F3N3O2/c8-7(9,10)15-4-1-3(2-11)5(12)13-6(4)14/h1H,2,11H2,(H3,12,13,14). The first-order valence-electron chi connectivity index (χ1n) is 3.81. The minimum atomic E-state index is -4.92. The van der Waals surface area contributed by atoms with Crippen LogP contribution in [0.4, 0.5) is 19.0 Å². The lowest BCUT2D eigenvalue weighted by atomic mass is 10.2. The molecule has 0 saturated heterocycles. The van der Waals surface area contributed by atoms with E-state index in [-0.39, 0.29) is 17.9 Å². The van der Waals surface area contributed by atoms with Crippen molar-refractivity contribution in [1.29, 1.82) is 0 Å². The van der Waals surface area contributed by atoms with Crippen molar-refractivity contribution in [2.75, 3.05) is 5.73 Å². The van der Waals surface area contributed by atoms with Crippen LogP contribution in [0.1, 0.15) is 5.56 Å². The van der Waals surface area contributed by atoms with Gasteiger partial charge in [-0.05, 0) is 6.07 Å². The molecule has 1 heterocycles. The molecule has 1 aromatic heterocycles. The van der Waals surface area contributed by atoms with E-state index in [9.17, 15) is 18.0 Å². The molecule has 8 heteroatoms. The number of alkyl halides is 3. The number of H-pyrrole nitrogens is 1. The van der Waals surface area contributed by atoms with Crippen LogP contribution in [0.3, 0.4) is 0 Å². The quantitative estimate of drug-likeness (QED) is 0.672. The molecule has 5 nitrogen and oxygen atoms in total. The Balaban J connectivity index is 3.14. The monoisotopic (exact) mass is 223 g/mol. The molecule has 5 N–H and O–H groups in total. The van der Waals surface area contributed by atoms with Gasteiger partial charge in [-0.1, -0.05) is 0 Å². The van der Waals surface area contributed by atoms with Crippen molar-refractivity contribution in [1.82, 2.24) is 4.98 Å². The number of hydrogen-bond acceptors (Lipinski definition) is 4. The van der Waals surface area contributed by atoms with Crippen LogP contribution in [0, 0.1) is 0 Å². The van der Waals surface area contributed by atoms with Crippen molar-refractivity contribution in [3.8, 4) is 5.75 Å². The lowest BCUT2D eigenvalue weighted by Crippen LogP contribution is -2.24. The zero-order chi connectivity index (χ0) is 11.6. The first-order chi connectivity index (χ1) is 6.83. The number of halogens is 3. The van der Waals surface area contributed by atoms with Gasteiger partial charge < -0.3 is 21.2 Å². The molecule has 0 aliphatic rings. The molecule has 0 fully saturated rings. The number of aromatic nitrogens is 1. The predicted octanol–water partition coefficient (Wildman–Crippen LogP) is 0.314. The highest BCUT2D eigenvalue weighted by Crippen LogP contribution is 2.21. The fraction of sp³-hybridized carbons (Fsp3) is 0.286. The summed E-state index contributed by atoms with van der Waals surface area (Å²) >= 11 is 0. The Labute approximate surface area is 81.8 Å². The van der Waals surface area contributed by atoms with Gasteiger partial charge in [0.1, 0.15) is 5.82 Å². The molecule has 0 aliphatic heterocycles. The Bertz CT molecular complexity index is 413. The number of nitrogens with one attached hydrogen (secondary N) is 1. The number of nitrogen functional groups attached to an aromatic ring is 1. The Morgan fingerprint density at radius 2 is 2.07 bits per heavy atom. The zero-order valence-electron chi connectivity index (χ0n) is 7.39. The summed E-state index contributed by atoms with van der Waals surface area (Å²) < 4.78 is 38.9. The summed E-state index contributed by atoms with van der Waals surface area (Å²) in [6.07, 6.45) is -4.92. The molecule has 0 aromatic carbocycles. The minimum Gasteiger partial charge on any atom is -0.400 e. The van der Waals surface area contributed by atoms with Gasteiger partial charge in [0.2, 0.25) is 0 Å². The molecule has 0 spiro atoms.